The molecular weight excluding hydrogens is 326 g/mol. The Hall–Kier alpha value is -2.69. The summed E-state index contributed by atoms with van der Waals surface area (Å²) in [5.41, 5.74) is 9.11. The Bertz CT molecular complexity index is 857. The Balaban J connectivity index is 2.60. The molecule has 0 aliphatic carbocycles. The first-order valence-electron chi connectivity index (χ1n) is 8.58. The van der Waals surface area contributed by atoms with Crippen molar-refractivity contribution in [3.8, 4) is 5.75 Å². The van der Waals surface area contributed by atoms with E-state index in [9.17, 15) is 9.90 Å². The molecule has 0 heterocycles. The summed E-state index contributed by atoms with van der Waals surface area (Å²) >= 11 is 0. The number of phenolic OH excluding ortho intramolecular Hbond substituents is 1. The SMILES string of the molecule is CC(C)(C)c1cc(N=Nc2cc(C=O)ccc2N)c(O)c(C(C)(C)C)c1. The number of rotatable bonds is 3. The Labute approximate surface area is 155 Å². The van der Waals surface area contributed by atoms with Gasteiger partial charge in [-0.05, 0) is 40.7 Å². The predicted molar refractivity (Wildman–Crippen MR) is 106 cm³/mol. The highest BCUT2D eigenvalue weighted by Gasteiger charge is 2.25. The minimum atomic E-state index is -0.244. The number of azo groups is 1. The third-order valence-corrected chi connectivity index (χ3v) is 4.22. The molecule has 0 radical (unpaired) electrons. The summed E-state index contributed by atoms with van der Waals surface area (Å²) in [4.78, 5) is 11.0. The van der Waals surface area contributed by atoms with Crippen LogP contribution in [0.2, 0.25) is 0 Å². The van der Waals surface area contributed by atoms with Crippen LogP contribution in [0, 0.1) is 0 Å². The molecular formula is C21H27N3O2. The number of carbonyl (C=O) groups excluding carboxylic acids is 1. The minimum Gasteiger partial charge on any atom is -0.505 e. The number of nitrogen functional groups attached to an aromatic ring is 1. The predicted octanol–water partition coefficient (Wildman–Crippen LogP) is 5.80. The third kappa shape index (κ3) is 4.28. The summed E-state index contributed by atoms with van der Waals surface area (Å²) in [6, 6.07) is 8.67. The Kier molecular flexibility index (Phi) is 5.21. The fourth-order valence-electron chi connectivity index (χ4n) is 2.53. The largest absolute Gasteiger partial charge is 0.505 e. The maximum Gasteiger partial charge on any atom is 0.150 e. The summed E-state index contributed by atoms with van der Waals surface area (Å²) in [5.74, 6) is 0.111. The van der Waals surface area contributed by atoms with E-state index in [2.05, 4.69) is 31.0 Å². The van der Waals surface area contributed by atoms with Gasteiger partial charge in [0.15, 0.2) is 0 Å². The fourth-order valence-corrected chi connectivity index (χ4v) is 2.53. The molecule has 26 heavy (non-hydrogen) atoms. The van der Waals surface area contributed by atoms with E-state index in [0.717, 1.165) is 17.4 Å². The Morgan fingerprint density at radius 1 is 0.923 bits per heavy atom. The van der Waals surface area contributed by atoms with E-state index in [4.69, 9.17) is 5.73 Å². The number of anilines is 1. The number of nitrogens with two attached hydrogens (primary N) is 1. The van der Waals surface area contributed by atoms with Gasteiger partial charge in [0.05, 0.1) is 5.69 Å². The molecule has 0 bridgehead atoms. The molecule has 0 aliphatic rings. The van der Waals surface area contributed by atoms with Gasteiger partial charge in [0.1, 0.15) is 23.4 Å². The molecule has 5 heteroatoms. The topological polar surface area (TPSA) is 88.0 Å². The average molecular weight is 353 g/mol. The van der Waals surface area contributed by atoms with Crippen LogP contribution >= 0.6 is 0 Å². The van der Waals surface area contributed by atoms with Crippen molar-refractivity contribution in [2.45, 2.75) is 52.4 Å². The van der Waals surface area contributed by atoms with Gasteiger partial charge in [-0.25, -0.2) is 0 Å². The second-order valence-corrected chi connectivity index (χ2v) is 8.53. The minimum absolute atomic E-state index is 0.103. The van der Waals surface area contributed by atoms with Crippen LogP contribution in [0.25, 0.3) is 0 Å². The molecule has 0 fully saturated rings. The van der Waals surface area contributed by atoms with Crippen molar-refractivity contribution in [1.82, 2.24) is 0 Å². The van der Waals surface area contributed by atoms with Crippen LogP contribution in [0.3, 0.4) is 0 Å². The number of carbonyl (C=O) groups is 1. The highest BCUT2D eigenvalue weighted by atomic mass is 16.3. The summed E-state index contributed by atoms with van der Waals surface area (Å²) in [6.45, 7) is 12.5. The van der Waals surface area contributed by atoms with Crippen LogP contribution < -0.4 is 5.73 Å². The number of hydrogen-bond acceptors (Lipinski definition) is 5. The van der Waals surface area contributed by atoms with E-state index in [1.807, 2.05) is 32.9 Å². The van der Waals surface area contributed by atoms with Gasteiger partial charge in [0.2, 0.25) is 0 Å². The third-order valence-electron chi connectivity index (χ3n) is 4.22. The molecule has 0 unspecified atom stereocenters. The van der Waals surface area contributed by atoms with E-state index in [1.54, 1.807) is 18.2 Å². The van der Waals surface area contributed by atoms with Gasteiger partial charge in [0.25, 0.3) is 0 Å². The van der Waals surface area contributed by atoms with Gasteiger partial charge in [-0.2, -0.15) is 0 Å². The van der Waals surface area contributed by atoms with Crippen LogP contribution in [0.1, 0.15) is 63.0 Å². The molecule has 3 N–H and O–H groups in total. The highest BCUT2D eigenvalue weighted by Crippen LogP contribution is 2.42. The van der Waals surface area contributed by atoms with E-state index >= 15 is 0 Å². The number of phenols is 1. The second-order valence-electron chi connectivity index (χ2n) is 8.53. The van der Waals surface area contributed by atoms with E-state index in [-0.39, 0.29) is 16.6 Å². The van der Waals surface area contributed by atoms with Crippen molar-refractivity contribution in [3.63, 3.8) is 0 Å². The molecule has 0 spiro atoms. The van der Waals surface area contributed by atoms with Gasteiger partial charge in [-0.3, -0.25) is 4.79 Å². The summed E-state index contributed by atoms with van der Waals surface area (Å²) < 4.78 is 0. The molecule has 5 nitrogen and oxygen atoms in total. The van der Waals surface area contributed by atoms with Crippen molar-refractivity contribution in [2.75, 3.05) is 5.73 Å². The normalized spacial score (nSPS) is 12.5. The average Bonchev–Trinajstić information content (AvgIpc) is 2.53. The summed E-state index contributed by atoms with van der Waals surface area (Å²) in [7, 11) is 0. The van der Waals surface area contributed by atoms with Gasteiger partial charge in [0, 0.05) is 11.1 Å². The number of benzene rings is 2. The molecule has 2 aromatic carbocycles. The first kappa shape index (κ1) is 19.6. The van der Waals surface area contributed by atoms with Crippen molar-refractivity contribution in [3.05, 3.63) is 47.0 Å². The Morgan fingerprint density at radius 2 is 1.54 bits per heavy atom. The lowest BCUT2D eigenvalue weighted by atomic mass is 9.80. The van der Waals surface area contributed by atoms with Crippen molar-refractivity contribution < 1.29 is 9.90 Å². The molecule has 0 saturated carbocycles. The molecule has 0 atom stereocenters. The zero-order valence-electron chi connectivity index (χ0n) is 16.3. The first-order chi connectivity index (χ1) is 11.9. The summed E-state index contributed by atoms with van der Waals surface area (Å²) in [6.07, 6.45) is 0.730. The summed E-state index contributed by atoms with van der Waals surface area (Å²) in [5, 5.41) is 19.1. The molecule has 2 aromatic rings. The maximum absolute atomic E-state index is 11.0. The lowest BCUT2D eigenvalue weighted by Gasteiger charge is -2.26. The lowest BCUT2D eigenvalue weighted by Crippen LogP contribution is -2.16. The van der Waals surface area contributed by atoms with Gasteiger partial charge >= 0.3 is 0 Å². The number of hydrogen-bond donors (Lipinski definition) is 2. The standard InChI is InChI=1S/C21H27N3O2/c1-20(2,3)14-10-15(21(4,5)6)19(26)18(11-14)24-23-17-9-13(12-25)7-8-16(17)22/h7-12,26H,22H2,1-6H3. The zero-order valence-corrected chi connectivity index (χ0v) is 16.3. The quantitative estimate of drug-likeness (QED) is 0.415. The monoisotopic (exact) mass is 353 g/mol. The first-order valence-corrected chi connectivity index (χ1v) is 8.58. The zero-order chi connectivity index (χ0) is 19.7. The molecule has 0 saturated heterocycles. The van der Waals surface area contributed by atoms with Crippen molar-refractivity contribution in [2.24, 2.45) is 10.2 Å². The van der Waals surface area contributed by atoms with Crippen LogP contribution in [0.4, 0.5) is 17.1 Å². The lowest BCUT2D eigenvalue weighted by molar-refractivity contribution is 0.112. The van der Waals surface area contributed by atoms with Gasteiger partial charge in [-0.15, -0.1) is 10.2 Å². The van der Waals surface area contributed by atoms with Crippen LogP contribution in [-0.4, -0.2) is 11.4 Å². The second kappa shape index (κ2) is 6.90. The maximum atomic E-state index is 11.0. The number of aromatic hydroxyl groups is 1. The van der Waals surface area contributed by atoms with Crippen molar-refractivity contribution in [1.29, 1.82) is 0 Å². The van der Waals surface area contributed by atoms with Crippen molar-refractivity contribution >= 4 is 23.3 Å². The van der Waals surface area contributed by atoms with Crippen LogP contribution in [0.5, 0.6) is 5.75 Å². The van der Waals surface area contributed by atoms with E-state index < -0.39 is 0 Å². The van der Waals surface area contributed by atoms with Gasteiger partial charge in [-0.1, -0.05) is 47.6 Å². The smallest absolute Gasteiger partial charge is 0.150 e. The van der Waals surface area contributed by atoms with Gasteiger partial charge < -0.3 is 10.8 Å². The van der Waals surface area contributed by atoms with Crippen LogP contribution in [0.15, 0.2) is 40.6 Å². The molecule has 0 aromatic heterocycles. The molecule has 2 rings (SSSR count). The molecule has 0 amide bonds. The number of nitrogens with zero attached hydrogens (tertiary/aromatic N) is 2. The Morgan fingerprint density at radius 3 is 2.08 bits per heavy atom. The molecule has 138 valence electrons. The van der Waals surface area contributed by atoms with E-state index in [1.165, 1.54) is 0 Å². The fraction of sp³-hybridized carbons (Fsp3) is 0.381. The highest BCUT2D eigenvalue weighted by molar-refractivity contribution is 5.79. The molecule has 0 aliphatic heterocycles. The van der Waals surface area contributed by atoms with E-state index in [0.29, 0.717) is 22.6 Å². The number of aldehydes is 1. The van der Waals surface area contributed by atoms with Crippen LogP contribution in [-0.2, 0) is 10.8 Å².